The number of halogens is 3. The average Bonchev–Trinajstić information content (AvgIpc) is 3.40. The summed E-state index contributed by atoms with van der Waals surface area (Å²) in [6.45, 7) is 0. The molecule has 4 aromatic rings. The molecule has 146 valence electrons. The van der Waals surface area contributed by atoms with Gasteiger partial charge in [0.2, 0.25) is 0 Å². The summed E-state index contributed by atoms with van der Waals surface area (Å²) in [7, 11) is 0. The molecule has 0 spiro atoms. The Bertz CT molecular complexity index is 1130. The van der Waals surface area contributed by atoms with Crippen molar-refractivity contribution in [3.63, 3.8) is 0 Å². The van der Waals surface area contributed by atoms with Crippen LogP contribution in [-0.4, -0.2) is 20.7 Å². The number of benzene rings is 1. The predicted octanol–water partition coefficient (Wildman–Crippen LogP) is 4.80. The number of hydrogen-bond acceptors (Lipinski definition) is 4. The molecule has 0 aliphatic heterocycles. The SMILES string of the molecule is O=C(Nc1ccc(-n2cccn2)nc1)c1ccc(-c2cccc(C(F)(F)F)c2)o1. The van der Waals surface area contributed by atoms with Crippen molar-refractivity contribution in [1.29, 1.82) is 0 Å². The Morgan fingerprint density at radius 3 is 2.62 bits per heavy atom. The Balaban J connectivity index is 1.49. The Hall–Kier alpha value is -3.88. The minimum absolute atomic E-state index is 0.0337. The fraction of sp³-hybridized carbons (Fsp3) is 0.0500. The molecule has 6 nitrogen and oxygen atoms in total. The number of amides is 1. The van der Waals surface area contributed by atoms with Gasteiger partial charge >= 0.3 is 6.18 Å². The Morgan fingerprint density at radius 2 is 1.93 bits per heavy atom. The van der Waals surface area contributed by atoms with E-state index in [4.69, 9.17) is 4.42 Å². The van der Waals surface area contributed by atoms with Crippen molar-refractivity contribution >= 4 is 11.6 Å². The van der Waals surface area contributed by atoms with Gasteiger partial charge in [0.05, 0.1) is 17.4 Å². The molecular weight excluding hydrogens is 385 g/mol. The van der Waals surface area contributed by atoms with Gasteiger partial charge in [-0.3, -0.25) is 4.79 Å². The zero-order valence-electron chi connectivity index (χ0n) is 14.7. The summed E-state index contributed by atoms with van der Waals surface area (Å²) in [4.78, 5) is 16.6. The third-order valence-corrected chi connectivity index (χ3v) is 4.05. The molecular formula is C20H13F3N4O2. The van der Waals surface area contributed by atoms with Gasteiger partial charge in [0.1, 0.15) is 5.76 Å². The molecule has 9 heteroatoms. The topological polar surface area (TPSA) is 73.0 Å². The number of hydrogen-bond donors (Lipinski definition) is 1. The zero-order valence-corrected chi connectivity index (χ0v) is 14.7. The molecule has 1 amide bonds. The number of aromatic nitrogens is 3. The molecule has 1 aromatic carbocycles. The molecule has 4 rings (SSSR count). The average molecular weight is 398 g/mol. The van der Waals surface area contributed by atoms with Crippen molar-refractivity contribution in [1.82, 2.24) is 14.8 Å². The Kier molecular flexibility index (Phi) is 4.63. The highest BCUT2D eigenvalue weighted by atomic mass is 19.4. The van der Waals surface area contributed by atoms with Gasteiger partial charge in [-0.05, 0) is 42.5 Å². The second-order valence-corrected chi connectivity index (χ2v) is 6.05. The number of nitrogens with zero attached hydrogens (tertiary/aromatic N) is 3. The van der Waals surface area contributed by atoms with Gasteiger partial charge in [0.15, 0.2) is 11.6 Å². The fourth-order valence-corrected chi connectivity index (χ4v) is 2.66. The minimum Gasteiger partial charge on any atom is -0.451 e. The first kappa shape index (κ1) is 18.5. The van der Waals surface area contributed by atoms with Crippen molar-refractivity contribution in [2.24, 2.45) is 0 Å². The van der Waals surface area contributed by atoms with Crippen LogP contribution in [0.1, 0.15) is 16.1 Å². The van der Waals surface area contributed by atoms with E-state index in [1.54, 1.807) is 35.3 Å². The third-order valence-electron chi connectivity index (χ3n) is 4.05. The van der Waals surface area contributed by atoms with Crippen molar-refractivity contribution < 1.29 is 22.4 Å². The minimum atomic E-state index is -4.46. The van der Waals surface area contributed by atoms with Crippen LogP contribution in [0.15, 0.2) is 77.6 Å². The van der Waals surface area contributed by atoms with Crippen LogP contribution in [-0.2, 0) is 6.18 Å². The number of anilines is 1. The van der Waals surface area contributed by atoms with Gasteiger partial charge in [-0.1, -0.05) is 12.1 Å². The van der Waals surface area contributed by atoms with Gasteiger partial charge in [0.25, 0.3) is 5.91 Å². The molecule has 1 N–H and O–H groups in total. The largest absolute Gasteiger partial charge is 0.451 e. The quantitative estimate of drug-likeness (QED) is 0.536. The highest BCUT2D eigenvalue weighted by molar-refractivity contribution is 6.02. The standard InChI is InChI=1S/C20H13F3N4O2/c21-20(22,23)14-4-1-3-13(11-14)16-6-7-17(29-16)19(28)26-15-5-8-18(24-12-15)27-10-2-9-25-27/h1-12H,(H,26,28). The highest BCUT2D eigenvalue weighted by Crippen LogP contribution is 2.32. The van der Waals surface area contributed by atoms with Gasteiger partial charge < -0.3 is 9.73 Å². The maximum Gasteiger partial charge on any atom is 0.416 e. The lowest BCUT2D eigenvalue weighted by molar-refractivity contribution is -0.137. The number of carbonyl (C=O) groups excluding carboxylic acids is 1. The van der Waals surface area contributed by atoms with Crippen molar-refractivity contribution in [3.8, 4) is 17.1 Å². The summed E-state index contributed by atoms with van der Waals surface area (Å²) in [6, 6.07) is 12.6. The molecule has 0 aliphatic carbocycles. The van der Waals surface area contributed by atoms with E-state index in [0.29, 0.717) is 11.5 Å². The Morgan fingerprint density at radius 1 is 1.07 bits per heavy atom. The van der Waals surface area contributed by atoms with Crippen LogP contribution in [0.3, 0.4) is 0 Å². The van der Waals surface area contributed by atoms with Crippen molar-refractivity contribution in [3.05, 3.63) is 84.5 Å². The summed E-state index contributed by atoms with van der Waals surface area (Å²) in [5.74, 6) is 0.164. The molecule has 0 aliphatic rings. The van der Waals surface area contributed by atoms with Crippen molar-refractivity contribution in [2.75, 3.05) is 5.32 Å². The lowest BCUT2D eigenvalue weighted by Crippen LogP contribution is -2.11. The monoisotopic (exact) mass is 398 g/mol. The maximum atomic E-state index is 12.9. The second-order valence-electron chi connectivity index (χ2n) is 6.05. The second kappa shape index (κ2) is 7.27. The van der Waals surface area contributed by atoms with Crippen LogP contribution in [0.2, 0.25) is 0 Å². The van der Waals surface area contributed by atoms with Crippen LogP contribution in [0.4, 0.5) is 18.9 Å². The summed E-state index contributed by atoms with van der Waals surface area (Å²) in [5.41, 5.74) is -0.132. The first-order valence-corrected chi connectivity index (χ1v) is 8.45. The van der Waals surface area contributed by atoms with E-state index in [-0.39, 0.29) is 17.1 Å². The van der Waals surface area contributed by atoms with Crippen molar-refractivity contribution in [2.45, 2.75) is 6.18 Å². The number of carbonyl (C=O) groups is 1. The number of alkyl halides is 3. The molecule has 3 aromatic heterocycles. The van der Waals surface area contributed by atoms with E-state index >= 15 is 0 Å². The number of rotatable bonds is 4. The summed E-state index contributed by atoms with van der Waals surface area (Å²) < 4.78 is 45.6. The first-order valence-electron chi connectivity index (χ1n) is 8.45. The van der Waals surface area contributed by atoms with Crippen LogP contribution in [0, 0.1) is 0 Å². The summed E-state index contributed by atoms with van der Waals surface area (Å²) >= 11 is 0. The molecule has 0 fully saturated rings. The molecule has 29 heavy (non-hydrogen) atoms. The molecule has 0 radical (unpaired) electrons. The van der Waals surface area contributed by atoms with Gasteiger partial charge in [-0.2, -0.15) is 18.3 Å². The number of pyridine rings is 1. The lowest BCUT2D eigenvalue weighted by atomic mass is 10.1. The first-order chi connectivity index (χ1) is 13.9. The Labute approximate surface area is 162 Å². The predicted molar refractivity (Wildman–Crippen MR) is 98.5 cm³/mol. The normalized spacial score (nSPS) is 11.4. The van der Waals surface area contributed by atoms with Crippen LogP contribution >= 0.6 is 0 Å². The van der Waals surface area contributed by atoms with E-state index in [1.165, 1.54) is 30.5 Å². The molecule has 0 saturated carbocycles. The summed E-state index contributed by atoms with van der Waals surface area (Å²) in [5, 5.41) is 6.69. The molecule has 3 heterocycles. The van der Waals surface area contributed by atoms with E-state index in [0.717, 1.165) is 12.1 Å². The third kappa shape index (κ3) is 4.03. The smallest absolute Gasteiger partial charge is 0.416 e. The van der Waals surface area contributed by atoms with Gasteiger partial charge in [-0.15, -0.1) is 0 Å². The molecule has 0 atom stereocenters. The number of furan rings is 1. The van der Waals surface area contributed by atoms with E-state index < -0.39 is 17.6 Å². The van der Waals surface area contributed by atoms with Gasteiger partial charge in [-0.25, -0.2) is 9.67 Å². The van der Waals surface area contributed by atoms with E-state index in [1.807, 2.05) is 0 Å². The summed E-state index contributed by atoms with van der Waals surface area (Å²) in [6.07, 6.45) is 0.360. The maximum absolute atomic E-state index is 12.9. The van der Waals surface area contributed by atoms with Crippen LogP contribution in [0.25, 0.3) is 17.1 Å². The molecule has 0 bridgehead atoms. The van der Waals surface area contributed by atoms with Crippen LogP contribution in [0.5, 0.6) is 0 Å². The lowest BCUT2D eigenvalue weighted by Gasteiger charge is -2.07. The number of nitrogens with one attached hydrogen (secondary N) is 1. The van der Waals surface area contributed by atoms with Gasteiger partial charge in [0, 0.05) is 18.0 Å². The van der Waals surface area contributed by atoms with Crippen LogP contribution < -0.4 is 5.32 Å². The van der Waals surface area contributed by atoms with E-state index in [9.17, 15) is 18.0 Å². The molecule has 0 unspecified atom stereocenters. The fourth-order valence-electron chi connectivity index (χ4n) is 2.66. The molecule has 0 saturated heterocycles. The zero-order chi connectivity index (χ0) is 20.4. The highest BCUT2D eigenvalue weighted by Gasteiger charge is 2.30. The van der Waals surface area contributed by atoms with E-state index in [2.05, 4.69) is 15.4 Å².